The van der Waals surface area contributed by atoms with Gasteiger partial charge in [0.1, 0.15) is 24.9 Å². The van der Waals surface area contributed by atoms with Gasteiger partial charge in [0, 0.05) is 19.4 Å². The van der Waals surface area contributed by atoms with E-state index in [-0.39, 0.29) is 50.8 Å². The zero-order chi connectivity index (χ0) is 48.6. The van der Waals surface area contributed by atoms with Gasteiger partial charge in [-0.25, -0.2) is 14.4 Å². The van der Waals surface area contributed by atoms with Gasteiger partial charge in [-0.15, -0.1) is 30.4 Å². The van der Waals surface area contributed by atoms with E-state index >= 15 is 0 Å². The van der Waals surface area contributed by atoms with E-state index in [0.29, 0.717) is 23.5 Å². The zero-order valence-corrected chi connectivity index (χ0v) is 37.5. The van der Waals surface area contributed by atoms with Crippen molar-refractivity contribution in [3.63, 3.8) is 0 Å². The number of esters is 1. The average molecular weight is 949 g/mol. The highest BCUT2D eigenvalue weighted by Crippen LogP contribution is 2.34. The molecule has 25 nitrogen and oxygen atoms in total. The Balaban J connectivity index is 0.925. The van der Waals surface area contributed by atoms with E-state index in [9.17, 15) is 34.6 Å². The number of H-pyrrole nitrogens is 1. The molecule has 0 aliphatic carbocycles. The summed E-state index contributed by atoms with van der Waals surface area (Å²) in [6.45, 7) is 7.45. The van der Waals surface area contributed by atoms with Gasteiger partial charge >= 0.3 is 18.3 Å². The molecule has 1 N–H and O–H groups in total. The van der Waals surface area contributed by atoms with Crippen LogP contribution in [-0.4, -0.2) is 128 Å². The van der Waals surface area contributed by atoms with E-state index in [1.165, 1.54) is 13.8 Å². The molecule has 5 aromatic rings. The molecular formula is C43H48N8O17. The van der Waals surface area contributed by atoms with Gasteiger partial charge in [-0.3, -0.25) is 4.57 Å². The summed E-state index contributed by atoms with van der Waals surface area (Å²) in [6.07, 6.45) is -6.91. The number of hydrogen-bond acceptors (Lipinski definition) is 21. The number of tetrazole rings is 1. The number of fused-ring (bicyclic) bond motifs is 2. The maximum Gasteiger partial charge on any atom is 0.512 e. The summed E-state index contributed by atoms with van der Waals surface area (Å²) in [7, 11) is 0. The molecule has 0 bridgehead atoms. The van der Waals surface area contributed by atoms with Crippen LogP contribution in [0.2, 0.25) is 0 Å². The van der Waals surface area contributed by atoms with Crippen molar-refractivity contribution in [2.45, 2.75) is 90.3 Å². The van der Waals surface area contributed by atoms with Crippen molar-refractivity contribution in [1.29, 1.82) is 0 Å². The largest absolute Gasteiger partial charge is 0.512 e. The quantitative estimate of drug-likeness (QED) is 0.0305. The van der Waals surface area contributed by atoms with Gasteiger partial charge in [-0.1, -0.05) is 68.4 Å². The van der Waals surface area contributed by atoms with Crippen molar-refractivity contribution in [3.05, 3.63) is 98.1 Å². The van der Waals surface area contributed by atoms with Crippen LogP contribution in [0.15, 0.2) is 66.7 Å². The van der Waals surface area contributed by atoms with Gasteiger partial charge in [0.15, 0.2) is 12.2 Å². The first kappa shape index (κ1) is 48.3. The predicted octanol–water partition coefficient (Wildman–Crippen LogP) is 5.66. The number of benzene rings is 3. The second-order valence-electron chi connectivity index (χ2n) is 16.8. The molecule has 2 saturated heterocycles. The molecule has 0 spiro atoms. The van der Waals surface area contributed by atoms with Crippen molar-refractivity contribution in [2.75, 3.05) is 33.0 Å². The number of aromatic nitrogens is 6. The van der Waals surface area contributed by atoms with E-state index in [1.807, 2.05) is 55.5 Å². The SMILES string of the molecule is CCOc1nc2cccc(C(=O)OC(C)(C)OC(=O)O[C@@H]3CO[C@H]4[C@@H]3OC[C@H]4OC(=O)OCCC(C)(C)CC(CO[N+](=O)[O-])O[N+](=O)[O-])c2n1Cc1ccc(-c2ccccc2-c2nn[nH]n2)cc1. The van der Waals surface area contributed by atoms with Crippen LogP contribution < -0.4 is 4.74 Å². The number of rotatable bonds is 21. The van der Waals surface area contributed by atoms with Gasteiger partial charge in [-0.05, 0) is 59.2 Å². The Kier molecular flexibility index (Phi) is 14.8. The highest BCUT2D eigenvalue weighted by Gasteiger charge is 2.52. The Morgan fingerprint density at radius 3 is 2.22 bits per heavy atom. The Morgan fingerprint density at radius 2 is 1.57 bits per heavy atom. The van der Waals surface area contributed by atoms with E-state index in [2.05, 4.69) is 35.3 Å². The lowest BCUT2D eigenvalue weighted by molar-refractivity contribution is -0.790. The summed E-state index contributed by atoms with van der Waals surface area (Å²) in [5, 5.41) is 33.7. The number of nitrogens with zero attached hydrogens (tertiary/aromatic N) is 7. The minimum atomic E-state index is -1.83. The molecule has 25 heteroatoms. The zero-order valence-electron chi connectivity index (χ0n) is 37.5. The topological polar surface area (TPSA) is 302 Å². The molecule has 0 radical (unpaired) electrons. The first-order valence-electron chi connectivity index (χ1n) is 21.3. The molecule has 2 aliphatic heterocycles. The Bertz CT molecular complexity index is 2590. The van der Waals surface area contributed by atoms with Gasteiger partial charge in [0.05, 0.1) is 49.6 Å². The third-order valence-electron chi connectivity index (χ3n) is 10.8. The number of nitrogens with one attached hydrogen (secondary N) is 1. The standard InChI is InChI=1S/C43H48N8O17/c1-6-59-39-44-31-13-9-12-30(34(31)49(39)21-25-14-16-26(17-15-25)28-10-7-8-11-29(28)37-45-47-48-46-37)38(52)66-43(4,5)67-41(54)65-33-24-62-35-32(23-61-36(33)35)64-40(53)60-19-18-42(2,3)20-27(68-51(57)58)22-63-50(55)56/h7-17,27,32-33,35-36H,6,18-24H2,1-5H3,(H,45,46,47,48)/t27?,32-,33-,35-,36-/m1/s1. The van der Waals surface area contributed by atoms with Crippen LogP contribution in [0.25, 0.3) is 33.5 Å². The predicted molar refractivity (Wildman–Crippen MR) is 229 cm³/mol. The molecule has 2 aromatic heterocycles. The molecule has 5 atom stereocenters. The maximum atomic E-state index is 13.9. The van der Waals surface area contributed by atoms with Crippen LogP contribution in [-0.2, 0) is 49.4 Å². The molecule has 4 heterocycles. The van der Waals surface area contributed by atoms with Crippen LogP contribution in [0, 0.1) is 25.6 Å². The summed E-state index contributed by atoms with van der Waals surface area (Å²) < 4.78 is 46.6. The van der Waals surface area contributed by atoms with Gasteiger partial charge in [0.2, 0.25) is 5.82 Å². The molecule has 0 saturated carbocycles. The Morgan fingerprint density at radius 1 is 0.882 bits per heavy atom. The maximum absolute atomic E-state index is 13.9. The Hall–Kier alpha value is -7.67. The first-order chi connectivity index (χ1) is 32.5. The molecule has 7 rings (SSSR count). The van der Waals surface area contributed by atoms with E-state index in [1.54, 1.807) is 36.6 Å². The molecule has 362 valence electrons. The van der Waals surface area contributed by atoms with Crippen molar-refractivity contribution < 1.29 is 72.1 Å². The highest BCUT2D eigenvalue weighted by atomic mass is 17.0. The van der Waals surface area contributed by atoms with Crippen molar-refractivity contribution in [3.8, 4) is 28.5 Å². The van der Waals surface area contributed by atoms with Crippen molar-refractivity contribution in [1.82, 2.24) is 30.2 Å². The lowest BCUT2D eigenvalue weighted by atomic mass is 9.84. The molecule has 1 unspecified atom stereocenters. The lowest BCUT2D eigenvalue weighted by Crippen LogP contribution is -2.39. The third-order valence-corrected chi connectivity index (χ3v) is 10.8. The third kappa shape index (κ3) is 12.0. The fourth-order valence-corrected chi connectivity index (χ4v) is 7.85. The molecular weight excluding hydrogens is 901 g/mol. The second kappa shape index (κ2) is 20.9. The minimum Gasteiger partial charge on any atom is -0.465 e. The number of carbonyl (C=O) groups excluding carboxylic acids is 3. The summed E-state index contributed by atoms with van der Waals surface area (Å²) in [5.74, 6) is -2.19. The smallest absolute Gasteiger partial charge is 0.465 e. The number of aromatic amines is 1. The van der Waals surface area contributed by atoms with Crippen LogP contribution in [0.1, 0.15) is 63.4 Å². The van der Waals surface area contributed by atoms with Crippen molar-refractivity contribution >= 4 is 29.3 Å². The summed E-state index contributed by atoms with van der Waals surface area (Å²) >= 11 is 0. The van der Waals surface area contributed by atoms with E-state index in [4.69, 9.17) is 37.9 Å². The molecule has 68 heavy (non-hydrogen) atoms. The summed E-state index contributed by atoms with van der Waals surface area (Å²) in [4.78, 5) is 74.4. The van der Waals surface area contributed by atoms with Crippen LogP contribution in [0.5, 0.6) is 6.01 Å². The van der Waals surface area contributed by atoms with Gasteiger partial charge in [0.25, 0.3) is 22.0 Å². The average Bonchev–Trinajstić information content (AvgIpc) is 4.10. The summed E-state index contributed by atoms with van der Waals surface area (Å²) in [5.41, 5.74) is 3.81. The fraction of sp³-hybridized carbons (Fsp3) is 0.465. The summed E-state index contributed by atoms with van der Waals surface area (Å²) in [6, 6.07) is 20.8. The van der Waals surface area contributed by atoms with E-state index < -0.39 is 76.8 Å². The van der Waals surface area contributed by atoms with Crippen LogP contribution in [0.3, 0.4) is 0 Å². The van der Waals surface area contributed by atoms with Crippen LogP contribution >= 0.6 is 0 Å². The van der Waals surface area contributed by atoms with Gasteiger partial charge in [-0.2, -0.15) is 10.2 Å². The number of para-hydroxylation sites is 1. The van der Waals surface area contributed by atoms with Gasteiger partial charge < -0.3 is 47.6 Å². The number of carbonyl (C=O) groups is 3. The molecule has 2 aliphatic rings. The normalized spacial score (nSPS) is 18.2. The lowest BCUT2D eigenvalue weighted by Gasteiger charge is -2.28. The number of ether oxygens (including phenoxy) is 8. The highest BCUT2D eigenvalue weighted by molar-refractivity contribution is 6.02. The number of hydrogen-bond donors (Lipinski definition) is 1. The minimum absolute atomic E-state index is 0.0313. The molecule has 2 fully saturated rings. The Labute approximate surface area is 386 Å². The monoisotopic (exact) mass is 948 g/mol. The second-order valence-corrected chi connectivity index (χ2v) is 16.8. The number of imidazole rings is 1. The first-order valence-corrected chi connectivity index (χ1v) is 21.3. The van der Waals surface area contributed by atoms with Crippen molar-refractivity contribution in [2.24, 2.45) is 5.41 Å². The fourth-order valence-electron chi connectivity index (χ4n) is 7.85. The van der Waals surface area contributed by atoms with Crippen LogP contribution in [0.4, 0.5) is 9.59 Å². The van der Waals surface area contributed by atoms with E-state index in [0.717, 1.165) is 22.3 Å². The molecule has 0 amide bonds. The molecule has 3 aromatic carbocycles.